The first-order chi connectivity index (χ1) is 10.4. The molecule has 0 aromatic carbocycles. The lowest BCUT2D eigenvalue weighted by atomic mass is 10.1. The second-order valence-electron chi connectivity index (χ2n) is 6.08. The molecule has 1 saturated carbocycles. The first-order valence-electron chi connectivity index (χ1n) is 7.78. The molecule has 0 bridgehead atoms. The maximum atomic E-state index is 5.92. The molecule has 1 atom stereocenters. The number of fused-ring (bicyclic) bond motifs is 1. The van der Waals surface area contributed by atoms with Gasteiger partial charge in [0.2, 0.25) is 0 Å². The molecule has 0 saturated heterocycles. The van der Waals surface area contributed by atoms with Crippen LogP contribution in [0.25, 0.3) is 0 Å². The third kappa shape index (κ3) is 3.20. The summed E-state index contributed by atoms with van der Waals surface area (Å²) in [6.45, 7) is 3.64. The van der Waals surface area contributed by atoms with Crippen LogP contribution in [0.2, 0.25) is 0 Å². The van der Waals surface area contributed by atoms with E-state index >= 15 is 0 Å². The fraction of sp³-hybridized carbons (Fsp3) is 0.562. The van der Waals surface area contributed by atoms with Crippen molar-refractivity contribution >= 4 is 11.3 Å². The Labute approximate surface area is 129 Å². The minimum Gasteiger partial charge on any atom is -0.370 e. The fourth-order valence-electron chi connectivity index (χ4n) is 2.89. The molecule has 5 heteroatoms. The van der Waals surface area contributed by atoms with Crippen LogP contribution in [0.1, 0.15) is 35.8 Å². The van der Waals surface area contributed by atoms with Crippen LogP contribution in [0.15, 0.2) is 23.0 Å². The van der Waals surface area contributed by atoms with Gasteiger partial charge in [0, 0.05) is 25.8 Å². The third-order valence-corrected chi connectivity index (χ3v) is 4.98. The zero-order valence-electron chi connectivity index (χ0n) is 12.1. The van der Waals surface area contributed by atoms with E-state index in [0.29, 0.717) is 0 Å². The molecule has 2 aliphatic rings. The number of ether oxygens (including phenoxy) is 1. The number of nitrogens with zero attached hydrogens (tertiary/aromatic N) is 2. The monoisotopic (exact) mass is 303 g/mol. The van der Waals surface area contributed by atoms with Crippen LogP contribution in [-0.4, -0.2) is 22.9 Å². The Bertz CT molecular complexity index is 589. The quantitative estimate of drug-likeness (QED) is 0.892. The van der Waals surface area contributed by atoms with E-state index in [1.165, 1.54) is 24.0 Å². The van der Waals surface area contributed by atoms with Crippen molar-refractivity contribution in [2.45, 2.75) is 38.5 Å². The summed E-state index contributed by atoms with van der Waals surface area (Å²) in [7, 11) is 0. The lowest BCUT2D eigenvalue weighted by molar-refractivity contribution is 0.0393. The van der Waals surface area contributed by atoms with Crippen molar-refractivity contribution in [2.75, 3.05) is 13.2 Å². The molecule has 0 radical (unpaired) electrons. The van der Waals surface area contributed by atoms with Gasteiger partial charge in [0.05, 0.1) is 12.3 Å². The normalized spacial score (nSPS) is 21.4. The number of aromatic nitrogens is 2. The van der Waals surface area contributed by atoms with E-state index in [1.807, 2.05) is 0 Å². The first kappa shape index (κ1) is 13.5. The van der Waals surface area contributed by atoms with Crippen LogP contribution < -0.4 is 5.32 Å². The molecule has 0 amide bonds. The van der Waals surface area contributed by atoms with Crippen molar-refractivity contribution in [3.8, 4) is 0 Å². The Morgan fingerprint density at radius 3 is 3.19 bits per heavy atom. The van der Waals surface area contributed by atoms with Gasteiger partial charge >= 0.3 is 0 Å². The summed E-state index contributed by atoms with van der Waals surface area (Å²) in [6.07, 6.45) is 6.08. The lowest BCUT2D eigenvalue weighted by Crippen LogP contribution is -2.27. The average Bonchev–Trinajstić information content (AvgIpc) is 3.00. The van der Waals surface area contributed by atoms with Crippen LogP contribution in [0.5, 0.6) is 0 Å². The summed E-state index contributed by atoms with van der Waals surface area (Å²) >= 11 is 1.74. The number of hydrogen-bond donors (Lipinski definition) is 1. The molecular formula is C16H21N3OS. The molecular weight excluding hydrogens is 282 g/mol. The largest absolute Gasteiger partial charge is 0.370 e. The molecule has 112 valence electrons. The molecule has 21 heavy (non-hydrogen) atoms. The van der Waals surface area contributed by atoms with Crippen molar-refractivity contribution in [1.29, 1.82) is 0 Å². The van der Waals surface area contributed by atoms with E-state index in [1.54, 1.807) is 11.3 Å². The maximum absolute atomic E-state index is 5.92. The fourth-order valence-corrected chi connectivity index (χ4v) is 3.55. The van der Waals surface area contributed by atoms with Crippen LogP contribution in [0.3, 0.4) is 0 Å². The van der Waals surface area contributed by atoms with Gasteiger partial charge in [-0.05, 0) is 53.1 Å². The van der Waals surface area contributed by atoms with Crippen molar-refractivity contribution in [1.82, 2.24) is 15.1 Å². The number of thiophene rings is 1. The molecule has 1 aliphatic heterocycles. The summed E-state index contributed by atoms with van der Waals surface area (Å²) in [5.41, 5.74) is 3.87. The number of nitrogens with one attached hydrogen (secondary N) is 1. The highest BCUT2D eigenvalue weighted by Crippen LogP contribution is 2.32. The van der Waals surface area contributed by atoms with Crippen LogP contribution in [0.4, 0.5) is 0 Å². The summed E-state index contributed by atoms with van der Waals surface area (Å²) in [4.78, 5) is 0. The second kappa shape index (κ2) is 5.91. The smallest absolute Gasteiger partial charge is 0.114 e. The molecule has 3 heterocycles. The van der Waals surface area contributed by atoms with E-state index in [9.17, 15) is 0 Å². The topological polar surface area (TPSA) is 39.1 Å². The van der Waals surface area contributed by atoms with Crippen LogP contribution in [-0.2, 0) is 24.2 Å². The molecule has 1 fully saturated rings. The Balaban J connectivity index is 1.38. The highest BCUT2D eigenvalue weighted by molar-refractivity contribution is 7.07. The van der Waals surface area contributed by atoms with Crippen molar-refractivity contribution in [3.63, 3.8) is 0 Å². The molecule has 1 N–H and O–H groups in total. The molecule has 0 spiro atoms. The SMILES string of the molecule is c1cc(CNC[C@@H]2OCCc3cn(CC4CC4)nc32)cs1. The highest BCUT2D eigenvalue weighted by Gasteiger charge is 2.27. The van der Waals surface area contributed by atoms with Crippen molar-refractivity contribution < 1.29 is 4.74 Å². The molecule has 4 rings (SSSR count). The lowest BCUT2D eigenvalue weighted by Gasteiger charge is -2.22. The van der Waals surface area contributed by atoms with E-state index in [-0.39, 0.29) is 6.10 Å². The zero-order chi connectivity index (χ0) is 14.1. The van der Waals surface area contributed by atoms with Crippen LogP contribution >= 0.6 is 11.3 Å². The van der Waals surface area contributed by atoms with Gasteiger partial charge in [0.1, 0.15) is 6.10 Å². The maximum Gasteiger partial charge on any atom is 0.114 e. The van der Waals surface area contributed by atoms with Crippen molar-refractivity contribution in [3.05, 3.63) is 39.8 Å². The second-order valence-corrected chi connectivity index (χ2v) is 6.86. The molecule has 4 nitrogen and oxygen atoms in total. The molecule has 0 unspecified atom stereocenters. The minimum atomic E-state index is 0.104. The predicted molar refractivity (Wildman–Crippen MR) is 83.4 cm³/mol. The summed E-state index contributed by atoms with van der Waals surface area (Å²) < 4.78 is 8.06. The predicted octanol–water partition coefficient (Wildman–Crippen LogP) is 2.76. The molecule has 2 aromatic rings. The number of hydrogen-bond acceptors (Lipinski definition) is 4. The van der Waals surface area contributed by atoms with Gasteiger partial charge in [-0.1, -0.05) is 0 Å². The van der Waals surface area contributed by atoms with Crippen LogP contribution in [0, 0.1) is 5.92 Å². The Hall–Kier alpha value is -1.17. The minimum absolute atomic E-state index is 0.104. The highest BCUT2D eigenvalue weighted by atomic mass is 32.1. The van der Waals surface area contributed by atoms with E-state index in [0.717, 1.165) is 44.3 Å². The Morgan fingerprint density at radius 1 is 1.43 bits per heavy atom. The van der Waals surface area contributed by atoms with Gasteiger partial charge in [0.25, 0.3) is 0 Å². The Kier molecular flexibility index (Phi) is 3.80. The standard InChI is InChI=1S/C16H21N3OS/c1-2-12(1)9-19-10-14-3-5-20-15(16(14)18-19)8-17-7-13-4-6-21-11-13/h4,6,10-12,15,17H,1-3,5,7-9H2/t15-/m0/s1. The van der Waals surface area contributed by atoms with Gasteiger partial charge in [0.15, 0.2) is 0 Å². The van der Waals surface area contributed by atoms with Crippen molar-refractivity contribution in [2.24, 2.45) is 5.92 Å². The summed E-state index contributed by atoms with van der Waals surface area (Å²) in [5.74, 6) is 0.863. The van der Waals surface area contributed by atoms with E-state index in [4.69, 9.17) is 9.84 Å². The Morgan fingerprint density at radius 2 is 2.38 bits per heavy atom. The van der Waals surface area contributed by atoms with Gasteiger partial charge in [-0.15, -0.1) is 0 Å². The first-order valence-corrected chi connectivity index (χ1v) is 8.72. The van der Waals surface area contributed by atoms with E-state index < -0.39 is 0 Å². The average molecular weight is 303 g/mol. The molecule has 2 aromatic heterocycles. The molecule has 1 aliphatic carbocycles. The number of rotatable bonds is 6. The van der Waals surface area contributed by atoms with Gasteiger partial charge < -0.3 is 10.1 Å². The van der Waals surface area contributed by atoms with Gasteiger partial charge in [-0.2, -0.15) is 16.4 Å². The zero-order valence-corrected chi connectivity index (χ0v) is 12.9. The third-order valence-electron chi connectivity index (χ3n) is 4.25. The van der Waals surface area contributed by atoms with E-state index in [2.05, 4.69) is 33.0 Å². The summed E-state index contributed by atoms with van der Waals surface area (Å²) in [6, 6.07) is 2.16. The summed E-state index contributed by atoms with van der Waals surface area (Å²) in [5, 5.41) is 12.6. The van der Waals surface area contributed by atoms with Gasteiger partial charge in [-0.25, -0.2) is 0 Å². The van der Waals surface area contributed by atoms with Gasteiger partial charge in [-0.3, -0.25) is 4.68 Å².